The second-order valence-electron chi connectivity index (χ2n) is 13.4. The number of ether oxygens (including phenoxy) is 2. The minimum Gasteiger partial charge on any atom is -0.497 e. The molecule has 3 N–H and O–H groups in total. The van der Waals surface area contributed by atoms with Crippen molar-refractivity contribution in [2.24, 2.45) is 5.92 Å². The maximum absolute atomic E-state index is 14.1. The van der Waals surface area contributed by atoms with Gasteiger partial charge in [0.25, 0.3) is 0 Å². The molecular weight excluding hydrogens is 618 g/mol. The van der Waals surface area contributed by atoms with Gasteiger partial charge in [0.2, 0.25) is 17.7 Å². The van der Waals surface area contributed by atoms with E-state index in [9.17, 15) is 19.2 Å². The predicted octanol–water partition coefficient (Wildman–Crippen LogP) is 4.73. The minimum atomic E-state index is -1.01. The first-order chi connectivity index (χ1) is 23.5. The van der Waals surface area contributed by atoms with E-state index in [1.165, 1.54) is 0 Å². The van der Waals surface area contributed by atoms with Crippen LogP contribution in [0.1, 0.15) is 43.9 Å². The molecule has 1 unspecified atom stereocenters. The minimum absolute atomic E-state index is 0.0744. The topological polar surface area (TPSA) is 126 Å². The number of carbonyl (C=O) groups excluding carboxylic acids is 4. The number of ketones is 1. The van der Waals surface area contributed by atoms with Crippen LogP contribution in [0, 0.1) is 5.92 Å². The Morgan fingerprint density at radius 3 is 1.88 bits per heavy atom. The molecule has 1 aliphatic rings. The van der Waals surface area contributed by atoms with Gasteiger partial charge in [-0.25, -0.2) is 0 Å². The maximum atomic E-state index is 14.1. The molecule has 9 heteroatoms. The van der Waals surface area contributed by atoms with Crippen LogP contribution in [-0.4, -0.2) is 60.9 Å². The average molecular weight is 664 g/mol. The molecule has 256 valence electrons. The van der Waals surface area contributed by atoms with E-state index in [0.717, 1.165) is 27.5 Å². The van der Waals surface area contributed by atoms with Crippen molar-refractivity contribution in [1.29, 1.82) is 0 Å². The zero-order valence-electron chi connectivity index (χ0n) is 28.5. The number of Topliss-reactive ketones (excluding diaryl/α,β-unsaturated/α-hetero) is 1. The third-order valence-electron chi connectivity index (χ3n) is 8.78. The van der Waals surface area contributed by atoms with Gasteiger partial charge in [0.05, 0.1) is 26.2 Å². The summed E-state index contributed by atoms with van der Waals surface area (Å²) >= 11 is 0. The van der Waals surface area contributed by atoms with Gasteiger partial charge in [-0.15, -0.1) is 0 Å². The summed E-state index contributed by atoms with van der Waals surface area (Å²) in [6.45, 7) is 6.00. The third kappa shape index (κ3) is 9.76. The van der Waals surface area contributed by atoms with Gasteiger partial charge in [-0.1, -0.05) is 98.8 Å². The number of benzene rings is 4. The van der Waals surface area contributed by atoms with Gasteiger partial charge in [-0.05, 0) is 58.9 Å². The number of amides is 3. The van der Waals surface area contributed by atoms with Gasteiger partial charge in [0.1, 0.15) is 23.4 Å². The smallest absolute Gasteiger partial charge is 0.243 e. The molecule has 0 radical (unpaired) electrons. The van der Waals surface area contributed by atoms with E-state index in [1.807, 2.05) is 98.8 Å². The van der Waals surface area contributed by atoms with Crippen molar-refractivity contribution < 1.29 is 28.7 Å². The van der Waals surface area contributed by atoms with E-state index in [4.69, 9.17) is 9.47 Å². The second-order valence-corrected chi connectivity index (χ2v) is 13.4. The van der Waals surface area contributed by atoms with Crippen LogP contribution in [-0.2, 0) is 43.2 Å². The molecule has 0 saturated carbocycles. The highest BCUT2D eigenvalue weighted by atomic mass is 16.6. The largest absolute Gasteiger partial charge is 0.497 e. The molecule has 4 aromatic rings. The molecule has 1 aliphatic heterocycles. The summed E-state index contributed by atoms with van der Waals surface area (Å²) in [6, 6.07) is 27.6. The van der Waals surface area contributed by atoms with Crippen molar-refractivity contribution in [2.75, 3.05) is 13.7 Å². The Hall–Kier alpha value is -5.02. The molecule has 0 aromatic heterocycles. The molecule has 4 atom stereocenters. The van der Waals surface area contributed by atoms with Gasteiger partial charge in [0.15, 0.2) is 5.78 Å². The van der Waals surface area contributed by atoms with Crippen LogP contribution in [0.2, 0.25) is 0 Å². The summed E-state index contributed by atoms with van der Waals surface area (Å²) < 4.78 is 10.7. The third-order valence-corrected chi connectivity index (χ3v) is 8.78. The highest BCUT2D eigenvalue weighted by Crippen LogP contribution is 2.29. The van der Waals surface area contributed by atoms with Crippen LogP contribution < -0.4 is 20.7 Å². The van der Waals surface area contributed by atoms with E-state index in [1.54, 1.807) is 26.2 Å². The summed E-state index contributed by atoms with van der Waals surface area (Å²) in [5.41, 5.74) is 1.54. The molecule has 4 aromatic carbocycles. The molecule has 1 heterocycles. The molecule has 3 amide bonds. The van der Waals surface area contributed by atoms with Crippen molar-refractivity contribution in [3.05, 3.63) is 114 Å². The standard InChI is InChI=1S/C40H45N3O6/c1-26(2)20-33(37(45)40(3)25-49-40)42-39(47)35(22-27-10-6-5-7-11-27)43-38(46)34(23-28-15-18-32(48-4)19-16-28)41-36(44)24-29-14-17-30-12-8-9-13-31(30)21-29/h5-19,21,26,33-35H,20,22-25H2,1-4H3,(H,41,44)(H,42,47)(H,43,46)/t33-,34+,35+,40?/m1/s1. The summed E-state index contributed by atoms with van der Waals surface area (Å²) in [4.78, 5) is 54.8. The van der Waals surface area contributed by atoms with Crippen molar-refractivity contribution in [1.82, 2.24) is 16.0 Å². The summed E-state index contributed by atoms with van der Waals surface area (Å²) in [6.07, 6.45) is 0.879. The lowest BCUT2D eigenvalue weighted by Crippen LogP contribution is -2.57. The number of hydrogen-bond acceptors (Lipinski definition) is 6. The number of hydrogen-bond donors (Lipinski definition) is 3. The lowest BCUT2D eigenvalue weighted by Gasteiger charge is -2.27. The van der Waals surface area contributed by atoms with E-state index >= 15 is 0 Å². The number of rotatable bonds is 16. The Morgan fingerprint density at radius 2 is 1.27 bits per heavy atom. The van der Waals surface area contributed by atoms with Crippen LogP contribution in [0.3, 0.4) is 0 Å². The molecule has 49 heavy (non-hydrogen) atoms. The summed E-state index contributed by atoms with van der Waals surface area (Å²) in [5.74, 6) is -0.703. The normalized spacial score (nSPS) is 17.1. The summed E-state index contributed by atoms with van der Waals surface area (Å²) in [7, 11) is 1.58. The molecule has 9 nitrogen and oxygen atoms in total. The molecule has 1 saturated heterocycles. The zero-order valence-corrected chi connectivity index (χ0v) is 28.5. The van der Waals surface area contributed by atoms with Crippen LogP contribution >= 0.6 is 0 Å². The van der Waals surface area contributed by atoms with Crippen molar-refractivity contribution in [3.63, 3.8) is 0 Å². The molecular formula is C40H45N3O6. The summed E-state index contributed by atoms with van der Waals surface area (Å²) in [5, 5.41) is 10.9. The molecule has 1 fully saturated rings. The SMILES string of the molecule is COc1ccc(C[C@H](NC(=O)Cc2ccc3ccccc3c2)C(=O)N[C@@H](Cc2ccccc2)C(=O)N[C@H](CC(C)C)C(=O)C2(C)CO2)cc1. The Bertz CT molecular complexity index is 1770. The first-order valence-electron chi connectivity index (χ1n) is 16.8. The predicted molar refractivity (Wildman–Crippen MR) is 189 cm³/mol. The van der Waals surface area contributed by atoms with E-state index in [0.29, 0.717) is 18.8 Å². The number of nitrogens with one attached hydrogen (secondary N) is 3. The lowest BCUT2D eigenvalue weighted by atomic mass is 9.93. The Balaban J connectivity index is 1.37. The quantitative estimate of drug-likeness (QED) is 0.149. The monoisotopic (exact) mass is 663 g/mol. The van der Waals surface area contributed by atoms with E-state index in [2.05, 4.69) is 16.0 Å². The number of fused-ring (bicyclic) bond motifs is 1. The van der Waals surface area contributed by atoms with Crippen molar-refractivity contribution in [3.8, 4) is 5.75 Å². The first-order valence-corrected chi connectivity index (χ1v) is 16.8. The maximum Gasteiger partial charge on any atom is 0.243 e. The second kappa shape index (κ2) is 15.9. The Labute approximate surface area is 287 Å². The Morgan fingerprint density at radius 1 is 0.714 bits per heavy atom. The van der Waals surface area contributed by atoms with Crippen LogP contribution in [0.25, 0.3) is 10.8 Å². The Kier molecular flexibility index (Phi) is 11.5. The van der Waals surface area contributed by atoms with Gasteiger partial charge in [0, 0.05) is 12.8 Å². The zero-order chi connectivity index (χ0) is 35.0. The van der Waals surface area contributed by atoms with Gasteiger partial charge < -0.3 is 25.4 Å². The first kappa shape index (κ1) is 35.3. The van der Waals surface area contributed by atoms with Crippen molar-refractivity contribution in [2.45, 2.75) is 70.2 Å². The highest BCUT2D eigenvalue weighted by molar-refractivity contribution is 5.98. The molecule has 0 aliphatic carbocycles. The van der Waals surface area contributed by atoms with Crippen molar-refractivity contribution >= 4 is 34.3 Å². The fraction of sp³-hybridized carbons (Fsp3) is 0.350. The molecule has 0 bridgehead atoms. The van der Waals surface area contributed by atoms with Gasteiger partial charge in [-0.2, -0.15) is 0 Å². The number of epoxide rings is 1. The fourth-order valence-electron chi connectivity index (χ4n) is 5.91. The number of methoxy groups -OCH3 is 1. The molecule has 0 spiro atoms. The van der Waals surface area contributed by atoms with Crippen LogP contribution in [0.4, 0.5) is 0 Å². The number of carbonyl (C=O) groups is 4. The average Bonchev–Trinajstić information content (AvgIpc) is 3.85. The highest BCUT2D eigenvalue weighted by Gasteiger charge is 2.50. The van der Waals surface area contributed by atoms with Crippen LogP contribution in [0.5, 0.6) is 5.75 Å². The lowest BCUT2D eigenvalue weighted by molar-refractivity contribution is -0.134. The van der Waals surface area contributed by atoms with Gasteiger partial charge in [-0.3, -0.25) is 19.2 Å². The van der Waals surface area contributed by atoms with E-state index in [-0.39, 0.29) is 36.9 Å². The van der Waals surface area contributed by atoms with Crippen LogP contribution in [0.15, 0.2) is 97.1 Å². The fourth-order valence-corrected chi connectivity index (χ4v) is 5.91. The molecule has 5 rings (SSSR count). The van der Waals surface area contributed by atoms with E-state index < -0.39 is 35.5 Å². The van der Waals surface area contributed by atoms with Gasteiger partial charge >= 0.3 is 0 Å².